The molecule has 3 atom stereocenters. The average molecular weight is 394 g/mol. The van der Waals surface area contributed by atoms with Crippen molar-refractivity contribution in [2.75, 3.05) is 20.7 Å². The monoisotopic (exact) mass is 393 g/mol. The van der Waals surface area contributed by atoms with E-state index < -0.39 is 0 Å². The van der Waals surface area contributed by atoms with Crippen molar-refractivity contribution < 1.29 is 4.74 Å². The minimum atomic E-state index is 0.323. The van der Waals surface area contributed by atoms with Crippen molar-refractivity contribution in [1.82, 2.24) is 20.2 Å². The van der Waals surface area contributed by atoms with Crippen LogP contribution in [0.4, 0.5) is 0 Å². The van der Waals surface area contributed by atoms with Crippen molar-refractivity contribution in [2.45, 2.75) is 50.8 Å². The molecule has 2 aliphatic carbocycles. The SMILES string of the molecule is CN=C(NC1C2CCOC2C12CCCC2)N(C)Cc1ncc(-c2ccccc2)[nH]1. The minimum Gasteiger partial charge on any atom is -0.377 e. The van der Waals surface area contributed by atoms with Gasteiger partial charge in [0.15, 0.2) is 5.96 Å². The molecule has 0 radical (unpaired) electrons. The second kappa shape index (κ2) is 7.48. The Bertz CT molecular complexity index is 870. The van der Waals surface area contributed by atoms with Crippen molar-refractivity contribution in [2.24, 2.45) is 16.3 Å². The first kappa shape index (κ1) is 18.7. The first-order chi connectivity index (χ1) is 14.2. The molecule has 1 aliphatic heterocycles. The average Bonchev–Trinajstić information content (AvgIpc) is 3.49. The summed E-state index contributed by atoms with van der Waals surface area (Å²) >= 11 is 0. The summed E-state index contributed by atoms with van der Waals surface area (Å²) in [5.74, 6) is 2.52. The first-order valence-corrected chi connectivity index (χ1v) is 10.9. The van der Waals surface area contributed by atoms with Gasteiger partial charge in [0.2, 0.25) is 0 Å². The lowest BCUT2D eigenvalue weighted by Gasteiger charge is -2.57. The predicted molar refractivity (Wildman–Crippen MR) is 115 cm³/mol. The lowest BCUT2D eigenvalue weighted by Crippen LogP contribution is -2.69. The van der Waals surface area contributed by atoms with Crippen LogP contribution in [0, 0.1) is 11.3 Å². The van der Waals surface area contributed by atoms with E-state index in [4.69, 9.17) is 4.74 Å². The highest BCUT2D eigenvalue weighted by molar-refractivity contribution is 5.80. The number of rotatable bonds is 4. The molecule has 2 N–H and O–H groups in total. The molecule has 1 spiro atoms. The number of nitrogens with zero attached hydrogens (tertiary/aromatic N) is 3. The van der Waals surface area contributed by atoms with Gasteiger partial charge < -0.3 is 19.9 Å². The molecule has 29 heavy (non-hydrogen) atoms. The fourth-order valence-electron chi connectivity index (χ4n) is 5.90. The number of aromatic amines is 1. The lowest BCUT2D eigenvalue weighted by atomic mass is 9.54. The summed E-state index contributed by atoms with van der Waals surface area (Å²) in [5, 5.41) is 3.82. The topological polar surface area (TPSA) is 65.5 Å². The van der Waals surface area contributed by atoms with E-state index in [-0.39, 0.29) is 0 Å². The van der Waals surface area contributed by atoms with E-state index in [0.717, 1.165) is 29.6 Å². The molecular formula is C23H31N5O. The summed E-state index contributed by atoms with van der Waals surface area (Å²) in [4.78, 5) is 14.8. The molecule has 2 heterocycles. The second-order valence-corrected chi connectivity index (χ2v) is 8.82. The van der Waals surface area contributed by atoms with Crippen LogP contribution >= 0.6 is 0 Å². The number of nitrogens with one attached hydrogen (secondary N) is 2. The quantitative estimate of drug-likeness (QED) is 0.617. The number of ether oxygens (including phenoxy) is 1. The third-order valence-electron chi connectivity index (χ3n) is 7.24. The number of benzene rings is 1. The van der Waals surface area contributed by atoms with Gasteiger partial charge in [0, 0.05) is 38.1 Å². The van der Waals surface area contributed by atoms with E-state index in [0.29, 0.717) is 30.0 Å². The van der Waals surface area contributed by atoms with Crippen molar-refractivity contribution in [1.29, 1.82) is 0 Å². The maximum absolute atomic E-state index is 6.13. The molecule has 154 valence electrons. The Hall–Kier alpha value is -2.34. The highest BCUT2D eigenvalue weighted by Gasteiger charge is 2.65. The standard InChI is InChI=1S/C23H31N5O/c1-24-22(27-20-17-10-13-29-21(17)23(20)11-6-7-12-23)28(2)15-19-25-14-18(26-19)16-8-4-3-5-9-16/h3-5,8-9,14,17,20-21H,6-7,10-13,15H2,1-2H3,(H,24,27)(H,25,26). The summed E-state index contributed by atoms with van der Waals surface area (Å²) in [6.45, 7) is 1.61. The molecule has 1 saturated heterocycles. The van der Waals surface area contributed by atoms with Gasteiger partial charge in [0.1, 0.15) is 5.82 Å². The molecule has 3 aliphatic rings. The number of hydrogen-bond acceptors (Lipinski definition) is 3. The van der Waals surface area contributed by atoms with Crippen LogP contribution in [0.2, 0.25) is 0 Å². The summed E-state index contributed by atoms with van der Waals surface area (Å²) in [5.41, 5.74) is 2.52. The van der Waals surface area contributed by atoms with Gasteiger partial charge in [-0.2, -0.15) is 0 Å². The molecule has 1 aromatic heterocycles. The Morgan fingerprint density at radius 1 is 1.31 bits per heavy atom. The number of fused-ring (bicyclic) bond motifs is 2. The number of hydrogen-bond donors (Lipinski definition) is 2. The van der Waals surface area contributed by atoms with Gasteiger partial charge in [-0.15, -0.1) is 0 Å². The molecule has 6 nitrogen and oxygen atoms in total. The summed E-state index contributed by atoms with van der Waals surface area (Å²) in [6.07, 6.45) is 8.76. The van der Waals surface area contributed by atoms with Crippen molar-refractivity contribution in [3.63, 3.8) is 0 Å². The van der Waals surface area contributed by atoms with Gasteiger partial charge >= 0.3 is 0 Å². The lowest BCUT2D eigenvalue weighted by molar-refractivity contribution is -0.125. The Morgan fingerprint density at radius 3 is 2.86 bits per heavy atom. The van der Waals surface area contributed by atoms with E-state index in [9.17, 15) is 0 Å². The van der Waals surface area contributed by atoms with Gasteiger partial charge in [0.05, 0.1) is 24.5 Å². The van der Waals surface area contributed by atoms with Crippen LogP contribution in [-0.4, -0.2) is 53.7 Å². The van der Waals surface area contributed by atoms with Crippen LogP contribution in [0.3, 0.4) is 0 Å². The van der Waals surface area contributed by atoms with Gasteiger partial charge in [-0.05, 0) is 24.8 Å². The van der Waals surface area contributed by atoms with Crippen LogP contribution in [0.1, 0.15) is 37.9 Å². The summed E-state index contributed by atoms with van der Waals surface area (Å²) < 4.78 is 6.13. The van der Waals surface area contributed by atoms with E-state index in [1.165, 1.54) is 32.1 Å². The highest BCUT2D eigenvalue weighted by atomic mass is 16.5. The fourth-order valence-corrected chi connectivity index (χ4v) is 5.90. The molecule has 0 amide bonds. The number of aliphatic imine (C=N–C) groups is 1. The normalized spacial score (nSPS) is 27.7. The summed E-state index contributed by atoms with van der Waals surface area (Å²) in [7, 11) is 3.96. The van der Waals surface area contributed by atoms with Crippen molar-refractivity contribution >= 4 is 5.96 Å². The third-order valence-corrected chi connectivity index (χ3v) is 7.24. The van der Waals surface area contributed by atoms with Gasteiger partial charge in [-0.25, -0.2) is 4.98 Å². The Labute approximate surface area is 172 Å². The zero-order valence-electron chi connectivity index (χ0n) is 17.4. The maximum Gasteiger partial charge on any atom is 0.194 e. The Kier molecular flexibility index (Phi) is 4.82. The van der Waals surface area contributed by atoms with E-state index in [2.05, 4.69) is 44.4 Å². The molecule has 0 bridgehead atoms. The molecule has 2 aromatic rings. The smallest absolute Gasteiger partial charge is 0.194 e. The van der Waals surface area contributed by atoms with Crippen molar-refractivity contribution in [3.05, 3.63) is 42.4 Å². The van der Waals surface area contributed by atoms with Gasteiger partial charge in [-0.3, -0.25) is 4.99 Å². The van der Waals surface area contributed by atoms with Crippen LogP contribution in [0.25, 0.3) is 11.3 Å². The number of imidazole rings is 1. The van der Waals surface area contributed by atoms with E-state index in [1.54, 1.807) is 0 Å². The maximum atomic E-state index is 6.13. The predicted octanol–water partition coefficient (Wildman–Crippen LogP) is 3.43. The van der Waals surface area contributed by atoms with Crippen LogP contribution < -0.4 is 5.32 Å². The highest BCUT2D eigenvalue weighted by Crippen LogP contribution is 2.60. The van der Waals surface area contributed by atoms with Gasteiger partial charge in [-0.1, -0.05) is 43.2 Å². The number of guanidine groups is 1. The van der Waals surface area contributed by atoms with Crippen molar-refractivity contribution in [3.8, 4) is 11.3 Å². The van der Waals surface area contributed by atoms with Crippen LogP contribution in [0.15, 0.2) is 41.5 Å². The summed E-state index contributed by atoms with van der Waals surface area (Å²) in [6, 6.07) is 10.8. The van der Waals surface area contributed by atoms with E-state index >= 15 is 0 Å². The molecule has 3 fully saturated rings. The molecule has 3 unspecified atom stereocenters. The zero-order valence-corrected chi connectivity index (χ0v) is 17.4. The molecule has 2 saturated carbocycles. The molecule has 1 aromatic carbocycles. The Morgan fingerprint density at radius 2 is 2.10 bits per heavy atom. The molecule has 6 heteroatoms. The first-order valence-electron chi connectivity index (χ1n) is 10.9. The minimum absolute atomic E-state index is 0.323. The fraction of sp³-hybridized carbons (Fsp3) is 0.565. The van der Waals surface area contributed by atoms with Gasteiger partial charge in [0.25, 0.3) is 0 Å². The van der Waals surface area contributed by atoms with E-state index in [1.807, 2.05) is 31.4 Å². The second-order valence-electron chi connectivity index (χ2n) is 8.82. The van der Waals surface area contributed by atoms with Crippen LogP contribution in [-0.2, 0) is 11.3 Å². The number of H-pyrrole nitrogens is 1. The third kappa shape index (κ3) is 3.14. The molecular weight excluding hydrogens is 362 g/mol. The molecule has 5 rings (SSSR count). The number of aromatic nitrogens is 2. The zero-order chi connectivity index (χ0) is 19.8. The van der Waals surface area contributed by atoms with Crippen LogP contribution in [0.5, 0.6) is 0 Å². The largest absolute Gasteiger partial charge is 0.377 e. The Balaban J connectivity index is 1.27.